The SMILES string of the molecule is O=C(O)COC(=O)c1ccc(Cl)c2cccnc12. The van der Waals surface area contributed by atoms with E-state index in [1.165, 1.54) is 12.3 Å². The molecule has 18 heavy (non-hydrogen) atoms. The number of benzene rings is 1. The van der Waals surface area contributed by atoms with Crippen molar-refractivity contribution >= 4 is 34.4 Å². The average Bonchev–Trinajstić information content (AvgIpc) is 2.37. The summed E-state index contributed by atoms with van der Waals surface area (Å²) >= 11 is 5.97. The number of carbonyl (C=O) groups is 2. The molecule has 0 spiro atoms. The van der Waals surface area contributed by atoms with Gasteiger partial charge in [-0.3, -0.25) is 4.98 Å². The molecule has 5 nitrogen and oxygen atoms in total. The first-order chi connectivity index (χ1) is 8.59. The quantitative estimate of drug-likeness (QED) is 0.860. The number of aromatic nitrogens is 1. The molecule has 0 amide bonds. The third-order valence-corrected chi connectivity index (χ3v) is 2.59. The number of fused-ring (bicyclic) bond motifs is 1. The van der Waals surface area contributed by atoms with E-state index in [0.29, 0.717) is 15.9 Å². The van der Waals surface area contributed by atoms with Crippen molar-refractivity contribution in [2.24, 2.45) is 0 Å². The second kappa shape index (κ2) is 5.01. The van der Waals surface area contributed by atoms with Crippen LogP contribution in [0.25, 0.3) is 10.9 Å². The second-order valence-corrected chi connectivity index (χ2v) is 3.87. The molecule has 1 aromatic heterocycles. The minimum absolute atomic E-state index is 0.191. The highest BCUT2D eigenvalue weighted by atomic mass is 35.5. The Morgan fingerprint density at radius 2 is 2.11 bits per heavy atom. The minimum Gasteiger partial charge on any atom is -0.479 e. The molecule has 0 aliphatic heterocycles. The molecule has 1 aromatic carbocycles. The fourth-order valence-electron chi connectivity index (χ4n) is 1.51. The van der Waals surface area contributed by atoms with Gasteiger partial charge < -0.3 is 9.84 Å². The molecule has 0 bridgehead atoms. The molecule has 0 saturated carbocycles. The molecule has 1 heterocycles. The molecule has 92 valence electrons. The molecular formula is C12H8ClNO4. The molecule has 6 heteroatoms. The van der Waals surface area contributed by atoms with Crippen LogP contribution in [0.2, 0.25) is 5.02 Å². The van der Waals surface area contributed by atoms with Crippen LogP contribution < -0.4 is 0 Å². The molecule has 1 N–H and O–H groups in total. The topological polar surface area (TPSA) is 76.5 Å². The van der Waals surface area contributed by atoms with Crippen LogP contribution in [-0.4, -0.2) is 28.6 Å². The van der Waals surface area contributed by atoms with Gasteiger partial charge in [0.25, 0.3) is 0 Å². The zero-order valence-electron chi connectivity index (χ0n) is 9.09. The van der Waals surface area contributed by atoms with Crippen LogP contribution in [0, 0.1) is 0 Å². The summed E-state index contributed by atoms with van der Waals surface area (Å²) in [4.78, 5) is 26.1. The van der Waals surface area contributed by atoms with Crippen LogP contribution >= 0.6 is 11.6 Å². The van der Waals surface area contributed by atoms with Crippen molar-refractivity contribution in [1.29, 1.82) is 0 Å². The molecule has 0 radical (unpaired) electrons. The van der Waals surface area contributed by atoms with Crippen molar-refractivity contribution in [2.45, 2.75) is 0 Å². The van der Waals surface area contributed by atoms with E-state index >= 15 is 0 Å². The first-order valence-electron chi connectivity index (χ1n) is 5.02. The lowest BCUT2D eigenvalue weighted by molar-refractivity contribution is -0.140. The van der Waals surface area contributed by atoms with E-state index < -0.39 is 18.5 Å². The lowest BCUT2D eigenvalue weighted by Gasteiger charge is -2.06. The molecule has 0 fully saturated rings. The number of carboxylic acids is 1. The second-order valence-electron chi connectivity index (χ2n) is 3.46. The summed E-state index contributed by atoms with van der Waals surface area (Å²) in [7, 11) is 0. The van der Waals surface area contributed by atoms with Crippen LogP contribution in [-0.2, 0) is 9.53 Å². The first-order valence-corrected chi connectivity index (χ1v) is 5.39. The largest absolute Gasteiger partial charge is 0.479 e. The van der Waals surface area contributed by atoms with Crippen molar-refractivity contribution in [2.75, 3.05) is 6.61 Å². The van der Waals surface area contributed by atoms with Gasteiger partial charge in [-0.05, 0) is 24.3 Å². The van der Waals surface area contributed by atoms with Crippen molar-refractivity contribution in [3.63, 3.8) is 0 Å². The van der Waals surface area contributed by atoms with E-state index in [1.807, 2.05) is 0 Å². The lowest BCUT2D eigenvalue weighted by atomic mass is 10.1. The smallest absolute Gasteiger partial charge is 0.341 e. The van der Waals surface area contributed by atoms with Crippen LogP contribution in [0.5, 0.6) is 0 Å². The van der Waals surface area contributed by atoms with Crippen LogP contribution in [0.1, 0.15) is 10.4 Å². The summed E-state index contributed by atoms with van der Waals surface area (Å²) < 4.78 is 4.62. The number of nitrogens with zero attached hydrogens (tertiary/aromatic N) is 1. The Hall–Kier alpha value is -2.14. The van der Waals surface area contributed by atoms with E-state index in [2.05, 4.69) is 9.72 Å². The Bertz CT molecular complexity index is 627. The van der Waals surface area contributed by atoms with E-state index in [0.717, 1.165) is 0 Å². The van der Waals surface area contributed by atoms with Crippen molar-refractivity contribution in [1.82, 2.24) is 4.98 Å². The fourth-order valence-corrected chi connectivity index (χ4v) is 1.72. The third-order valence-electron chi connectivity index (χ3n) is 2.26. The van der Waals surface area contributed by atoms with Crippen molar-refractivity contribution in [3.05, 3.63) is 41.0 Å². The number of aliphatic carboxylic acids is 1. The average molecular weight is 266 g/mol. The summed E-state index contributed by atoms with van der Waals surface area (Å²) in [6.45, 7) is -0.685. The number of carbonyl (C=O) groups excluding carboxylic acids is 1. The highest BCUT2D eigenvalue weighted by molar-refractivity contribution is 6.35. The Morgan fingerprint density at radius 1 is 1.33 bits per heavy atom. The maximum Gasteiger partial charge on any atom is 0.341 e. The van der Waals surface area contributed by atoms with Gasteiger partial charge in [0.1, 0.15) is 0 Å². The van der Waals surface area contributed by atoms with Gasteiger partial charge in [-0.25, -0.2) is 9.59 Å². The minimum atomic E-state index is -1.21. The summed E-state index contributed by atoms with van der Waals surface area (Å²) in [5.41, 5.74) is 0.580. The van der Waals surface area contributed by atoms with Crippen molar-refractivity contribution < 1.29 is 19.4 Å². The van der Waals surface area contributed by atoms with E-state index in [9.17, 15) is 9.59 Å². The predicted octanol–water partition coefficient (Wildman–Crippen LogP) is 2.13. The van der Waals surface area contributed by atoms with E-state index in [-0.39, 0.29) is 5.56 Å². The molecule has 0 aliphatic carbocycles. The number of carboxylic acid groups (broad SMARTS) is 1. The molecule has 2 rings (SSSR count). The standard InChI is InChI=1S/C12H8ClNO4/c13-9-4-3-8(12(17)18-6-10(15)16)11-7(9)2-1-5-14-11/h1-5H,6H2,(H,15,16). The number of halogens is 1. The summed E-state index contributed by atoms with van der Waals surface area (Å²) in [6, 6.07) is 6.42. The molecular weight excluding hydrogens is 258 g/mol. The molecule has 0 saturated heterocycles. The van der Waals surface area contributed by atoms with Gasteiger partial charge in [0.2, 0.25) is 0 Å². The lowest BCUT2D eigenvalue weighted by Crippen LogP contribution is -2.13. The van der Waals surface area contributed by atoms with Gasteiger partial charge in [0.05, 0.1) is 16.1 Å². The van der Waals surface area contributed by atoms with E-state index in [1.54, 1.807) is 18.2 Å². The van der Waals surface area contributed by atoms with Crippen LogP contribution in [0.3, 0.4) is 0 Å². The normalized spacial score (nSPS) is 10.3. The van der Waals surface area contributed by atoms with Gasteiger partial charge >= 0.3 is 11.9 Å². The maximum absolute atomic E-state index is 11.7. The van der Waals surface area contributed by atoms with Gasteiger partial charge in [-0.1, -0.05) is 11.6 Å². The Morgan fingerprint density at radius 3 is 2.83 bits per heavy atom. The number of esters is 1. The molecule has 0 aliphatic rings. The van der Waals surface area contributed by atoms with Crippen LogP contribution in [0.15, 0.2) is 30.5 Å². The number of hydrogen-bond acceptors (Lipinski definition) is 4. The number of ether oxygens (including phenoxy) is 1. The predicted molar refractivity (Wildman–Crippen MR) is 64.7 cm³/mol. The van der Waals surface area contributed by atoms with Crippen LogP contribution in [0.4, 0.5) is 0 Å². The fraction of sp³-hybridized carbons (Fsp3) is 0.0833. The monoisotopic (exact) mass is 265 g/mol. The Labute approximate surface area is 107 Å². The third kappa shape index (κ3) is 2.41. The van der Waals surface area contributed by atoms with Gasteiger partial charge in [0, 0.05) is 11.6 Å². The van der Waals surface area contributed by atoms with Crippen molar-refractivity contribution in [3.8, 4) is 0 Å². The van der Waals surface area contributed by atoms with Gasteiger partial charge in [-0.15, -0.1) is 0 Å². The summed E-state index contributed by atoms with van der Waals surface area (Å²) in [6.07, 6.45) is 1.52. The highest BCUT2D eigenvalue weighted by Crippen LogP contribution is 2.25. The maximum atomic E-state index is 11.7. The Kier molecular flexibility index (Phi) is 3.43. The van der Waals surface area contributed by atoms with Gasteiger partial charge in [-0.2, -0.15) is 0 Å². The zero-order valence-corrected chi connectivity index (χ0v) is 9.85. The summed E-state index contributed by atoms with van der Waals surface area (Å²) in [5, 5.41) is 9.53. The number of rotatable bonds is 3. The van der Waals surface area contributed by atoms with E-state index in [4.69, 9.17) is 16.7 Å². The molecule has 0 atom stereocenters. The Balaban J connectivity index is 2.42. The number of hydrogen-bond donors (Lipinski definition) is 1. The number of pyridine rings is 1. The molecule has 2 aromatic rings. The van der Waals surface area contributed by atoms with Gasteiger partial charge in [0.15, 0.2) is 6.61 Å². The summed E-state index contributed by atoms with van der Waals surface area (Å²) in [5.74, 6) is -1.95. The highest BCUT2D eigenvalue weighted by Gasteiger charge is 2.15. The molecule has 0 unspecified atom stereocenters. The first kappa shape index (κ1) is 12.3. The zero-order chi connectivity index (χ0) is 13.1.